The Morgan fingerprint density at radius 2 is 2.00 bits per heavy atom. The number of halogens is 1. The largest absolute Gasteiger partial charge is 0.486 e. The lowest BCUT2D eigenvalue weighted by molar-refractivity contribution is 0.302. The summed E-state index contributed by atoms with van der Waals surface area (Å²) in [5.74, 6) is 1.53. The molecular weight excluding hydrogens is 344 g/mol. The van der Waals surface area contributed by atoms with Gasteiger partial charge in [-0.1, -0.05) is 53.3 Å². The number of hydrogen-bond acceptors (Lipinski definition) is 5. The molecule has 0 amide bonds. The zero-order chi connectivity index (χ0) is 16.5. The van der Waals surface area contributed by atoms with E-state index in [1.807, 2.05) is 55.5 Å². The highest BCUT2D eigenvalue weighted by molar-refractivity contribution is 7.16. The molecule has 2 aromatic carbocycles. The summed E-state index contributed by atoms with van der Waals surface area (Å²) in [7, 11) is 0. The number of ether oxygens (including phenoxy) is 1. The van der Waals surface area contributed by atoms with Crippen molar-refractivity contribution >= 4 is 27.9 Å². The van der Waals surface area contributed by atoms with Gasteiger partial charge in [-0.05, 0) is 30.7 Å². The summed E-state index contributed by atoms with van der Waals surface area (Å²) in [4.78, 5) is 0.730. The van der Waals surface area contributed by atoms with Gasteiger partial charge in [0.1, 0.15) is 12.4 Å². The first-order valence-corrected chi connectivity index (χ1v) is 8.55. The van der Waals surface area contributed by atoms with Gasteiger partial charge in [0, 0.05) is 10.6 Å². The monoisotopic (exact) mass is 356 g/mol. The molecule has 0 saturated carbocycles. The van der Waals surface area contributed by atoms with E-state index >= 15 is 0 Å². The van der Waals surface area contributed by atoms with Crippen molar-refractivity contribution in [3.8, 4) is 17.1 Å². The second-order valence-corrected chi connectivity index (χ2v) is 6.76. The van der Waals surface area contributed by atoms with Gasteiger partial charge in [0.15, 0.2) is 10.8 Å². The summed E-state index contributed by atoms with van der Waals surface area (Å²) in [5, 5.41) is 14.4. The number of benzene rings is 2. The van der Waals surface area contributed by atoms with Crippen molar-refractivity contribution in [3.63, 3.8) is 0 Å². The molecule has 4 aromatic rings. The Kier molecular flexibility index (Phi) is 3.92. The van der Waals surface area contributed by atoms with E-state index in [1.54, 1.807) is 4.52 Å². The minimum atomic E-state index is 0.397. The van der Waals surface area contributed by atoms with E-state index in [9.17, 15) is 0 Å². The summed E-state index contributed by atoms with van der Waals surface area (Å²) >= 11 is 7.52. The molecule has 0 unspecified atom stereocenters. The number of nitrogens with zero attached hydrogens (tertiary/aromatic N) is 4. The van der Waals surface area contributed by atoms with Crippen LogP contribution in [0.25, 0.3) is 16.3 Å². The average Bonchev–Trinajstić information content (AvgIpc) is 3.14. The van der Waals surface area contributed by atoms with Crippen molar-refractivity contribution in [1.82, 2.24) is 19.8 Å². The average molecular weight is 357 g/mol. The maximum atomic E-state index is 6.06. The molecule has 0 aliphatic carbocycles. The molecule has 0 saturated heterocycles. The number of hydrogen-bond donors (Lipinski definition) is 0. The molecule has 0 atom stereocenters. The van der Waals surface area contributed by atoms with Crippen molar-refractivity contribution in [3.05, 3.63) is 64.1 Å². The van der Waals surface area contributed by atoms with Crippen LogP contribution in [-0.2, 0) is 6.61 Å². The normalized spacial score (nSPS) is 11.1. The predicted molar refractivity (Wildman–Crippen MR) is 94.6 cm³/mol. The molecule has 7 heteroatoms. The minimum absolute atomic E-state index is 0.397. The third kappa shape index (κ3) is 2.86. The summed E-state index contributed by atoms with van der Waals surface area (Å²) in [5.41, 5.74) is 1.98. The minimum Gasteiger partial charge on any atom is -0.486 e. The van der Waals surface area contributed by atoms with Crippen LogP contribution >= 0.6 is 22.9 Å². The fraction of sp³-hybridized carbons (Fsp3) is 0.118. The number of para-hydroxylation sites is 1. The molecule has 0 aliphatic heterocycles. The highest BCUT2D eigenvalue weighted by Gasteiger charge is 2.14. The van der Waals surface area contributed by atoms with Crippen molar-refractivity contribution in [2.45, 2.75) is 13.5 Å². The molecule has 2 heterocycles. The summed E-state index contributed by atoms with van der Waals surface area (Å²) in [6.45, 7) is 2.42. The van der Waals surface area contributed by atoms with Gasteiger partial charge >= 0.3 is 0 Å². The standard InChI is InChI=1S/C17H13ClN4OS/c1-11-5-2-3-8-14(11)23-10-15-21-22-16(19-20-17(22)24-15)12-6-4-7-13(18)9-12/h2-9H,10H2,1H3. The van der Waals surface area contributed by atoms with Crippen LogP contribution in [0.2, 0.25) is 5.02 Å². The van der Waals surface area contributed by atoms with Crippen LogP contribution in [-0.4, -0.2) is 19.8 Å². The van der Waals surface area contributed by atoms with E-state index in [2.05, 4.69) is 15.3 Å². The number of aryl methyl sites for hydroxylation is 1. The maximum Gasteiger partial charge on any atom is 0.235 e. The number of fused-ring (bicyclic) bond motifs is 1. The third-order valence-corrected chi connectivity index (χ3v) is 4.67. The Labute approximate surface area is 147 Å². The number of rotatable bonds is 4. The molecular formula is C17H13ClN4OS. The Morgan fingerprint density at radius 1 is 1.12 bits per heavy atom. The molecule has 2 aromatic heterocycles. The Bertz CT molecular complexity index is 1010. The molecule has 120 valence electrons. The van der Waals surface area contributed by atoms with Gasteiger partial charge in [-0.25, -0.2) is 0 Å². The van der Waals surface area contributed by atoms with Crippen LogP contribution < -0.4 is 4.74 Å². The fourth-order valence-corrected chi connectivity index (χ4v) is 3.32. The van der Waals surface area contributed by atoms with Crippen molar-refractivity contribution in [1.29, 1.82) is 0 Å². The van der Waals surface area contributed by atoms with Gasteiger partial charge in [0.05, 0.1) is 0 Å². The first-order valence-electron chi connectivity index (χ1n) is 7.36. The molecule has 4 rings (SSSR count). The first kappa shape index (κ1) is 15.1. The molecule has 0 spiro atoms. The first-order chi connectivity index (χ1) is 11.7. The van der Waals surface area contributed by atoms with E-state index in [0.717, 1.165) is 26.8 Å². The Balaban J connectivity index is 1.61. The third-order valence-electron chi connectivity index (χ3n) is 3.56. The maximum absolute atomic E-state index is 6.06. The Morgan fingerprint density at radius 3 is 2.83 bits per heavy atom. The molecule has 5 nitrogen and oxygen atoms in total. The highest BCUT2D eigenvalue weighted by atomic mass is 35.5. The second kappa shape index (κ2) is 6.22. The zero-order valence-corrected chi connectivity index (χ0v) is 14.4. The summed E-state index contributed by atoms with van der Waals surface area (Å²) in [6.07, 6.45) is 0. The van der Waals surface area contributed by atoms with Crippen LogP contribution in [0, 0.1) is 6.92 Å². The van der Waals surface area contributed by atoms with E-state index in [-0.39, 0.29) is 0 Å². The van der Waals surface area contributed by atoms with Crippen LogP contribution in [0.1, 0.15) is 10.6 Å². The molecule has 0 N–H and O–H groups in total. The van der Waals surface area contributed by atoms with Crippen LogP contribution in [0.5, 0.6) is 5.75 Å². The molecule has 0 aliphatic rings. The predicted octanol–water partition coefficient (Wildman–Crippen LogP) is 4.39. The topological polar surface area (TPSA) is 52.3 Å². The van der Waals surface area contributed by atoms with Gasteiger partial charge in [0.25, 0.3) is 0 Å². The van der Waals surface area contributed by atoms with E-state index in [0.29, 0.717) is 17.5 Å². The second-order valence-electron chi connectivity index (χ2n) is 5.28. The van der Waals surface area contributed by atoms with E-state index in [4.69, 9.17) is 16.3 Å². The van der Waals surface area contributed by atoms with Crippen LogP contribution in [0.4, 0.5) is 0 Å². The quantitative estimate of drug-likeness (QED) is 0.544. The van der Waals surface area contributed by atoms with Crippen molar-refractivity contribution in [2.24, 2.45) is 0 Å². The van der Waals surface area contributed by atoms with Gasteiger partial charge < -0.3 is 4.74 Å². The van der Waals surface area contributed by atoms with Crippen LogP contribution in [0.3, 0.4) is 0 Å². The molecule has 0 bridgehead atoms. The Hall–Kier alpha value is -2.44. The number of aromatic nitrogens is 4. The zero-order valence-electron chi connectivity index (χ0n) is 12.8. The molecule has 0 radical (unpaired) electrons. The van der Waals surface area contributed by atoms with Gasteiger partial charge in [-0.3, -0.25) is 0 Å². The summed E-state index contributed by atoms with van der Waals surface area (Å²) < 4.78 is 7.58. The lowest BCUT2D eigenvalue weighted by Crippen LogP contribution is -1.98. The van der Waals surface area contributed by atoms with Gasteiger partial charge in [-0.2, -0.15) is 9.61 Å². The van der Waals surface area contributed by atoms with Gasteiger partial charge in [-0.15, -0.1) is 10.2 Å². The smallest absolute Gasteiger partial charge is 0.235 e. The van der Waals surface area contributed by atoms with Crippen LogP contribution in [0.15, 0.2) is 48.5 Å². The van der Waals surface area contributed by atoms with Crippen molar-refractivity contribution < 1.29 is 4.74 Å². The van der Waals surface area contributed by atoms with Gasteiger partial charge in [0.2, 0.25) is 4.96 Å². The fourth-order valence-electron chi connectivity index (χ4n) is 2.38. The lowest BCUT2D eigenvalue weighted by atomic mass is 10.2. The highest BCUT2D eigenvalue weighted by Crippen LogP contribution is 2.25. The SMILES string of the molecule is Cc1ccccc1OCc1nn2c(-c3cccc(Cl)c3)nnc2s1. The molecule has 24 heavy (non-hydrogen) atoms. The molecule has 0 fully saturated rings. The van der Waals surface area contributed by atoms with Crippen molar-refractivity contribution in [2.75, 3.05) is 0 Å². The van der Waals surface area contributed by atoms with E-state index in [1.165, 1.54) is 11.3 Å². The van der Waals surface area contributed by atoms with E-state index < -0.39 is 0 Å². The summed E-state index contributed by atoms with van der Waals surface area (Å²) in [6, 6.07) is 15.4. The lowest BCUT2D eigenvalue weighted by Gasteiger charge is -2.06.